The van der Waals surface area contributed by atoms with Gasteiger partial charge >= 0.3 is 12.4 Å². The van der Waals surface area contributed by atoms with Crippen molar-refractivity contribution in [3.8, 4) is 11.6 Å². The lowest BCUT2D eigenvalue weighted by molar-refractivity contribution is -0.142. The molecule has 0 amide bonds. The largest absolute Gasteiger partial charge is 0.435 e. The Labute approximate surface area is 130 Å². The number of aromatic nitrogens is 5. The summed E-state index contributed by atoms with van der Waals surface area (Å²) < 4.78 is 77.1. The molecule has 3 aromatic rings. The van der Waals surface area contributed by atoms with E-state index in [0.717, 1.165) is 33.9 Å². The number of hydrogen-bond acceptors (Lipinski definition) is 3. The molecule has 0 fully saturated rings. The van der Waals surface area contributed by atoms with E-state index in [1.165, 1.54) is 18.2 Å². The highest BCUT2D eigenvalue weighted by Gasteiger charge is 2.34. The van der Waals surface area contributed by atoms with Gasteiger partial charge in [-0.3, -0.25) is 0 Å². The Bertz CT molecular complexity index is 793. The van der Waals surface area contributed by atoms with Gasteiger partial charge in [-0.05, 0) is 24.3 Å². The molecule has 0 unspecified atom stereocenters. The standard InChI is InChI=1S/C13H7F6N5/c14-12(15,16)8-4-6-23(21-8)10-2-1-3-11(20-10)24-7-5-9(22-24)13(17,18)19/h1-7H. The Morgan fingerprint density at radius 2 is 1.08 bits per heavy atom. The zero-order valence-electron chi connectivity index (χ0n) is 11.5. The van der Waals surface area contributed by atoms with Crippen molar-refractivity contribution in [3.05, 3.63) is 54.1 Å². The minimum atomic E-state index is -4.60. The van der Waals surface area contributed by atoms with Gasteiger partial charge < -0.3 is 0 Å². The minimum absolute atomic E-state index is 0.00654. The Balaban J connectivity index is 1.95. The summed E-state index contributed by atoms with van der Waals surface area (Å²) in [6.07, 6.45) is -7.10. The first-order valence-corrected chi connectivity index (χ1v) is 6.38. The van der Waals surface area contributed by atoms with Gasteiger partial charge in [0.15, 0.2) is 23.0 Å². The zero-order chi connectivity index (χ0) is 17.5. The van der Waals surface area contributed by atoms with Gasteiger partial charge in [-0.25, -0.2) is 14.3 Å². The Hall–Kier alpha value is -2.85. The van der Waals surface area contributed by atoms with Gasteiger partial charge in [0, 0.05) is 12.4 Å². The molecular weight excluding hydrogens is 340 g/mol. The van der Waals surface area contributed by atoms with Crippen LogP contribution in [-0.4, -0.2) is 24.5 Å². The normalized spacial score (nSPS) is 12.6. The van der Waals surface area contributed by atoms with E-state index in [1.807, 2.05) is 0 Å². The fraction of sp³-hybridized carbons (Fsp3) is 0.154. The van der Waals surface area contributed by atoms with Crippen molar-refractivity contribution in [2.75, 3.05) is 0 Å². The molecular formula is C13H7F6N5. The van der Waals surface area contributed by atoms with Gasteiger partial charge in [0.25, 0.3) is 0 Å². The summed E-state index contributed by atoms with van der Waals surface area (Å²) in [6.45, 7) is 0. The highest BCUT2D eigenvalue weighted by molar-refractivity contribution is 5.31. The highest BCUT2D eigenvalue weighted by Crippen LogP contribution is 2.28. The van der Waals surface area contributed by atoms with Gasteiger partial charge in [0.2, 0.25) is 0 Å². The number of hydrogen-bond donors (Lipinski definition) is 0. The van der Waals surface area contributed by atoms with Gasteiger partial charge in [0.1, 0.15) is 0 Å². The lowest BCUT2D eigenvalue weighted by atomic mass is 10.4. The molecule has 0 atom stereocenters. The van der Waals surface area contributed by atoms with Crippen LogP contribution in [-0.2, 0) is 12.4 Å². The molecule has 3 aromatic heterocycles. The van der Waals surface area contributed by atoms with Crippen molar-refractivity contribution in [3.63, 3.8) is 0 Å². The first kappa shape index (κ1) is 16.0. The average molecular weight is 347 g/mol. The van der Waals surface area contributed by atoms with E-state index in [9.17, 15) is 26.3 Å². The number of rotatable bonds is 2. The Morgan fingerprint density at radius 1 is 0.667 bits per heavy atom. The van der Waals surface area contributed by atoms with Crippen LogP contribution in [0.5, 0.6) is 0 Å². The summed E-state index contributed by atoms with van der Waals surface area (Å²) in [4.78, 5) is 3.97. The van der Waals surface area contributed by atoms with Crippen molar-refractivity contribution in [2.45, 2.75) is 12.4 Å². The molecule has 0 N–H and O–H groups in total. The summed E-state index contributed by atoms with van der Waals surface area (Å²) in [7, 11) is 0. The summed E-state index contributed by atoms with van der Waals surface area (Å²) >= 11 is 0. The van der Waals surface area contributed by atoms with Crippen molar-refractivity contribution < 1.29 is 26.3 Å². The van der Waals surface area contributed by atoms with Crippen molar-refractivity contribution in [2.24, 2.45) is 0 Å². The number of halogens is 6. The van der Waals surface area contributed by atoms with E-state index in [0.29, 0.717) is 0 Å². The van der Waals surface area contributed by atoms with E-state index < -0.39 is 23.7 Å². The maximum absolute atomic E-state index is 12.6. The third-order valence-electron chi connectivity index (χ3n) is 2.95. The molecule has 126 valence electrons. The van der Waals surface area contributed by atoms with E-state index in [4.69, 9.17) is 0 Å². The summed E-state index contributed by atoms with van der Waals surface area (Å²) in [5, 5.41) is 6.70. The molecule has 0 spiro atoms. The molecule has 0 saturated carbocycles. The van der Waals surface area contributed by atoms with Crippen molar-refractivity contribution in [1.29, 1.82) is 0 Å². The molecule has 0 aliphatic rings. The average Bonchev–Trinajstić information content (AvgIpc) is 3.16. The number of pyridine rings is 1. The second-order valence-corrected chi connectivity index (χ2v) is 4.64. The van der Waals surface area contributed by atoms with Crippen molar-refractivity contribution in [1.82, 2.24) is 24.5 Å². The molecule has 5 nitrogen and oxygen atoms in total. The molecule has 0 aliphatic carbocycles. The lowest BCUT2D eigenvalue weighted by Gasteiger charge is -2.05. The van der Waals surface area contributed by atoms with Crippen LogP contribution in [0.15, 0.2) is 42.7 Å². The number of alkyl halides is 6. The molecule has 0 aromatic carbocycles. The molecule has 0 bridgehead atoms. The molecule has 3 rings (SSSR count). The monoisotopic (exact) mass is 347 g/mol. The van der Waals surface area contributed by atoms with Crippen LogP contribution in [0.1, 0.15) is 11.4 Å². The summed E-state index contributed by atoms with van der Waals surface area (Å²) in [5.41, 5.74) is -2.21. The smallest absolute Gasteiger partial charge is 0.222 e. The SMILES string of the molecule is FC(F)(F)c1ccn(-c2cccc(-n3ccc(C(F)(F)F)n3)n2)n1. The topological polar surface area (TPSA) is 48.5 Å². The number of nitrogens with zero attached hydrogens (tertiary/aromatic N) is 5. The molecule has 3 heterocycles. The molecule has 24 heavy (non-hydrogen) atoms. The fourth-order valence-corrected chi connectivity index (χ4v) is 1.87. The van der Waals surface area contributed by atoms with Gasteiger partial charge in [-0.2, -0.15) is 36.5 Å². The first-order valence-electron chi connectivity index (χ1n) is 6.38. The van der Waals surface area contributed by atoms with Gasteiger partial charge in [-0.1, -0.05) is 6.07 Å². The van der Waals surface area contributed by atoms with E-state index in [1.54, 1.807) is 0 Å². The third kappa shape index (κ3) is 3.09. The third-order valence-corrected chi connectivity index (χ3v) is 2.95. The maximum atomic E-state index is 12.6. The van der Waals surface area contributed by atoms with Crippen LogP contribution in [0.2, 0.25) is 0 Å². The van der Waals surface area contributed by atoms with Crippen molar-refractivity contribution >= 4 is 0 Å². The van der Waals surface area contributed by atoms with Gasteiger partial charge in [-0.15, -0.1) is 0 Å². The minimum Gasteiger partial charge on any atom is -0.222 e. The predicted molar refractivity (Wildman–Crippen MR) is 68.5 cm³/mol. The fourth-order valence-electron chi connectivity index (χ4n) is 1.87. The van der Waals surface area contributed by atoms with Crippen LogP contribution < -0.4 is 0 Å². The van der Waals surface area contributed by atoms with E-state index in [-0.39, 0.29) is 11.6 Å². The Morgan fingerprint density at radius 3 is 1.42 bits per heavy atom. The molecule has 0 aliphatic heterocycles. The maximum Gasteiger partial charge on any atom is 0.435 e. The quantitative estimate of drug-likeness (QED) is 0.667. The zero-order valence-corrected chi connectivity index (χ0v) is 11.5. The van der Waals surface area contributed by atoms with Crippen LogP contribution in [0, 0.1) is 0 Å². The van der Waals surface area contributed by atoms with Gasteiger partial charge in [0.05, 0.1) is 0 Å². The van der Waals surface area contributed by atoms with Crippen LogP contribution in [0.25, 0.3) is 11.6 Å². The second kappa shape index (κ2) is 5.35. The van der Waals surface area contributed by atoms with E-state index >= 15 is 0 Å². The van der Waals surface area contributed by atoms with Crippen LogP contribution >= 0.6 is 0 Å². The molecule has 11 heteroatoms. The summed E-state index contributed by atoms with van der Waals surface area (Å²) in [6, 6.07) is 5.69. The van der Waals surface area contributed by atoms with E-state index in [2.05, 4.69) is 15.2 Å². The lowest BCUT2D eigenvalue weighted by Crippen LogP contribution is -2.09. The predicted octanol–water partition coefficient (Wildman–Crippen LogP) is 3.49. The molecule has 0 saturated heterocycles. The Kier molecular flexibility index (Phi) is 3.57. The second-order valence-electron chi connectivity index (χ2n) is 4.64. The van der Waals surface area contributed by atoms with Crippen LogP contribution in [0.3, 0.4) is 0 Å². The highest BCUT2D eigenvalue weighted by atomic mass is 19.4. The first-order chi connectivity index (χ1) is 11.1. The summed E-state index contributed by atoms with van der Waals surface area (Å²) in [5.74, 6) is 0.0131. The molecule has 0 radical (unpaired) electrons. The van der Waals surface area contributed by atoms with Crippen LogP contribution in [0.4, 0.5) is 26.3 Å².